The van der Waals surface area contributed by atoms with Gasteiger partial charge in [-0.15, -0.1) is 0 Å². The summed E-state index contributed by atoms with van der Waals surface area (Å²) in [6, 6.07) is 9.68. The Kier molecular flexibility index (Phi) is 5.10. The zero-order chi connectivity index (χ0) is 17.9. The lowest BCUT2D eigenvalue weighted by molar-refractivity contribution is -0.394. The highest BCUT2D eigenvalue weighted by molar-refractivity contribution is 6.30. The lowest BCUT2D eigenvalue weighted by atomic mass is 10.1. The monoisotopic (exact) mass is 349 g/mol. The van der Waals surface area contributed by atoms with Gasteiger partial charge in [0.05, 0.1) is 21.5 Å². The van der Waals surface area contributed by atoms with E-state index in [1.807, 2.05) is 0 Å². The number of nitro benzene ring substituents is 2. The third kappa shape index (κ3) is 4.05. The molecule has 0 unspecified atom stereocenters. The van der Waals surface area contributed by atoms with E-state index in [-0.39, 0.29) is 12.1 Å². The van der Waals surface area contributed by atoms with E-state index in [4.69, 9.17) is 11.6 Å². The number of hydrogen-bond acceptors (Lipinski definition) is 5. The molecule has 0 heterocycles. The number of carbonyl (C=O) groups is 1. The molecule has 0 aromatic heterocycles. The first kappa shape index (κ1) is 17.4. The summed E-state index contributed by atoms with van der Waals surface area (Å²) in [5, 5.41) is 22.3. The Morgan fingerprint density at radius 3 is 2.00 bits per heavy atom. The predicted molar refractivity (Wildman–Crippen MR) is 87.0 cm³/mol. The van der Waals surface area contributed by atoms with Crippen molar-refractivity contribution in [1.82, 2.24) is 4.90 Å². The molecule has 0 aliphatic carbocycles. The van der Waals surface area contributed by atoms with Crippen LogP contribution in [0.3, 0.4) is 0 Å². The number of hydrogen-bond donors (Lipinski definition) is 0. The van der Waals surface area contributed by atoms with Crippen LogP contribution >= 0.6 is 11.6 Å². The number of halogens is 1. The molecule has 24 heavy (non-hydrogen) atoms. The van der Waals surface area contributed by atoms with Crippen LogP contribution in [0.5, 0.6) is 0 Å². The third-order valence-electron chi connectivity index (χ3n) is 3.25. The fourth-order valence-electron chi connectivity index (χ4n) is 2.09. The van der Waals surface area contributed by atoms with Crippen molar-refractivity contribution < 1.29 is 14.6 Å². The maximum absolute atomic E-state index is 12.4. The highest BCUT2D eigenvalue weighted by Gasteiger charge is 2.21. The standard InChI is InChI=1S/C15H12ClN3O5/c1-17(9-10-2-4-12(16)5-3-10)15(20)11-6-13(18(21)22)8-14(7-11)19(23)24/h2-8H,9H2,1H3. The van der Waals surface area contributed by atoms with Crippen LogP contribution in [0, 0.1) is 20.2 Å². The minimum Gasteiger partial charge on any atom is -0.337 e. The Bertz CT molecular complexity index is 775. The van der Waals surface area contributed by atoms with Gasteiger partial charge < -0.3 is 4.90 Å². The number of nitro groups is 2. The highest BCUT2D eigenvalue weighted by Crippen LogP contribution is 2.24. The summed E-state index contributed by atoms with van der Waals surface area (Å²) in [5.41, 5.74) is -0.331. The molecule has 2 rings (SSSR count). The van der Waals surface area contributed by atoms with Crippen molar-refractivity contribution in [1.29, 1.82) is 0 Å². The largest absolute Gasteiger partial charge is 0.337 e. The SMILES string of the molecule is CN(Cc1ccc(Cl)cc1)C(=O)c1cc([N+](=O)[O-])cc([N+](=O)[O-])c1. The van der Waals surface area contributed by atoms with Crippen LogP contribution in [0.2, 0.25) is 5.02 Å². The molecular weight excluding hydrogens is 338 g/mol. The lowest BCUT2D eigenvalue weighted by Gasteiger charge is -2.17. The Hall–Kier alpha value is -3.00. The second-order valence-electron chi connectivity index (χ2n) is 5.04. The van der Waals surface area contributed by atoms with Crippen LogP contribution < -0.4 is 0 Å². The second-order valence-corrected chi connectivity index (χ2v) is 5.48. The van der Waals surface area contributed by atoms with Crippen molar-refractivity contribution in [3.63, 3.8) is 0 Å². The molecule has 0 atom stereocenters. The molecule has 124 valence electrons. The first-order valence-corrected chi connectivity index (χ1v) is 7.09. The Balaban J connectivity index is 2.28. The Morgan fingerprint density at radius 1 is 1.04 bits per heavy atom. The van der Waals surface area contributed by atoms with Gasteiger partial charge in [0.1, 0.15) is 0 Å². The zero-order valence-electron chi connectivity index (χ0n) is 12.5. The van der Waals surface area contributed by atoms with Gasteiger partial charge in [-0.1, -0.05) is 23.7 Å². The predicted octanol–water partition coefficient (Wildman–Crippen LogP) is 3.43. The van der Waals surface area contributed by atoms with Gasteiger partial charge in [0.15, 0.2) is 0 Å². The molecule has 8 nitrogen and oxygen atoms in total. The van der Waals surface area contributed by atoms with Crippen molar-refractivity contribution in [2.45, 2.75) is 6.54 Å². The van der Waals surface area contributed by atoms with Crippen LogP contribution in [0.4, 0.5) is 11.4 Å². The van der Waals surface area contributed by atoms with Crippen molar-refractivity contribution in [2.24, 2.45) is 0 Å². The smallest absolute Gasteiger partial charge is 0.277 e. The van der Waals surface area contributed by atoms with Gasteiger partial charge in [0, 0.05) is 30.7 Å². The first-order valence-electron chi connectivity index (χ1n) is 6.71. The molecule has 2 aromatic rings. The van der Waals surface area contributed by atoms with Gasteiger partial charge in [-0.25, -0.2) is 0 Å². The molecule has 0 N–H and O–H groups in total. The lowest BCUT2D eigenvalue weighted by Crippen LogP contribution is -2.26. The maximum atomic E-state index is 12.4. The normalized spacial score (nSPS) is 10.2. The van der Waals surface area contributed by atoms with Gasteiger partial charge in [0.25, 0.3) is 17.3 Å². The van der Waals surface area contributed by atoms with E-state index < -0.39 is 27.1 Å². The van der Waals surface area contributed by atoms with Crippen LogP contribution in [-0.4, -0.2) is 27.7 Å². The zero-order valence-corrected chi connectivity index (χ0v) is 13.3. The summed E-state index contributed by atoms with van der Waals surface area (Å²) in [6.45, 7) is 0.229. The molecule has 1 amide bonds. The molecular formula is C15H12ClN3O5. The summed E-state index contributed by atoms with van der Waals surface area (Å²) in [6.07, 6.45) is 0. The fourth-order valence-corrected chi connectivity index (χ4v) is 2.21. The van der Waals surface area contributed by atoms with Gasteiger partial charge >= 0.3 is 0 Å². The molecule has 0 aliphatic heterocycles. The summed E-state index contributed by atoms with van der Waals surface area (Å²) >= 11 is 5.79. The molecule has 0 radical (unpaired) electrons. The minimum atomic E-state index is -0.775. The Morgan fingerprint density at radius 2 is 1.54 bits per heavy atom. The third-order valence-corrected chi connectivity index (χ3v) is 3.50. The number of non-ortho nitro benzene ring substituents is 2. The molecule has 0 aliphatic rings. The molecule has 2 aromatic carbocycles. The number of nitrogens with zero attached hydrogens (tertiary/aromatic N) is 3. The van der Waals surface area contributed by atoms with Crippen molar-refractivity contribution in [3.05, 3.63) is 78.8 Å². The number of amides is 1. The molecule has 0 spiro atoms. The second kappa shape index (κ2) is 7.05. The van der Waals surface area contributed by atoms with E-state index in [1.54, 1.807) is 24.3 Å². The molecule has 0 bridgehead atoms. The molecule has 0 fully saturated rings. The van der Waals surface area contributed by atoms with E-state index >= 15 is 0 Å². The van der Waals surface area contributed by atoms with E-state index in [9.17, 15) is 25.0 Å². The quantitative estimate of drug-likeness (QED) is 0.607. The summed E-state index contributed by atoms with van der Waals surface area (Å²) < 4.78 is 0. The van der Waals surface area contributed by atoms with E-state index in [0.29, 0.717) is 5.02 Å². The van der Waals surface area contributed by atoms with Crippen LogP contribution in [0.15, 0.2) is 42.5 Å². The van der Waals surface area contributed by atoms with Gasteiger partial charge in [-0.05, 0) is 17.7 Å². The molecule has 0 saturated heterocycles. The molecule has 0 saturated carbocycles. The summed E-state index contributed by atoms with van der Waals surface area (Å²) in [5.74, 6) is -0.559. The molecule has 9 heteroatoms. The number of benzene rings is 2. The van der Waals surface area contributed by atoms with E-state index in [2.05, 4.69) is 0 Å². The Labute approximate surface area is 141 Å². The van der Waals surface area contributed by atoms with E-state index in [1.165, 1.54) is 11.9 Å². The van der Waals surface area contributed by atoms with Crippen molar-refractivity contribution >= 4 is 28.9 Å². The van der Waals surface area contributed by atoms with Gasteiger partial charge in [-0.3, -0.25) is 25.0 Å². The topological polar surface area (TPSA) is 107 Å². The van der Waals surface area contributed by atoms with E-state index in [0.717, 1.165) is 23.8 Å². The number of carbonyl (C=O) groups excluding carboxylic acids is 1. The average molecular weight is 350 g/mol. The highest BCUT2D eigenvalue weighted by atomic mass is 35.5. The van der Waals surface area contributed by atoms with Gasteiger partial charge in [-0.2, -0.15) is 0 Å². The number of rotatable bonds is 5. The fraction of sp³-hybridized carbons (Fsp3) is 0.133. The maximum Gasteiger partial charge on any atom is 0.277 e. The van der Waals surface area contributed by atoms with Crippen molar-refractivity contribution in [2.75, 3.05) is 7.05 Å². The van der Waals surface area contributed by atoms with Crippen LogP contribution in [-0.2, 0) is 6.54 Å². The van der Waals surface area contributed by atoms with Gasteiger partial charge in [0.2, 0.25) is 0 Å². The van der Waals surface area contributed by atoms with Crippen molar-refractivity contribution in [3.8, 4) is 0 Å². The van der Waals surface area contributed by atoms with Crippen LogP contribution in [0.1, 0.15) is 15.9 Å². The van der Waals surface area contributed by atoms with Crippen LogP contribution in [0.25, 0.3) is 0 Å². The average Bonchev–Trinajstić information content (AvgIpc) is 2.55. The first-order chi connectivity index (χ1) is 11.3. The minimum absolute atomic E-state index is 0.118. The summed E-state index contributed by atoms with van der Waals surface area (Å²) in [7, 11) is 1.50. The summed E-state index contributed by atoms with van der Waals surface area (Å²) in [4.78, 5) is 34.0.